The van der Waals surface area contributed by atoms with Crippen LogP contribution in [0.4, 0.5) is 4.39 Å². The van der Waals surface area contributed by atoms with Crippen LogP contribution in [0.3, 0.4) is 0 Å². The molecule has 0 radical (unpaired) electrons. The van der Waals surface area contributed by atoms with Crippen LogP contribution in [-0.2, 0) is 6.54 Å². The lowest BCUT2D eigenvalue weighted by atomic mass is 10.2. The molecule has 0 aromatic heterocycles. The van der Waals surface area contributed by atoms with E-state index in [9.17, 15) is 4.39 Å². The Morgan fingerprint density at radius 1 is 1.50 bits per heavy atom. The summed E-state index contributed by atoms with van der Waals surface area (Å²) in [4.78, 5) is 0. The highest BCUT2D eigenvalue weighted by atomic mass is 35.5. The molecule has 1 heterocycles. The van der Waals surface area contributed by atoms with Gasteiger partial charge in [-0.3, -0.25) is 0 Å². The van der Waals surface area contributed by atoms with Crippen molar-refractivity contribution in [3.8, 4) is 0 Å². The average molecular weight is 243 g/mol. The first kappa shape index (κ1) is 11.8. The van der Waals surface area contributed by atoms with E-state index >= 15 is 0 Å². The van der Waals surface area contributed by atoms with E-state index in [1.54, 1.807) is 12.1 Å². The van der Waals surface area contributed by atoms with Crippen molar-refractivity contribution in [3.63, 3.8) is 0 Å². The van der Waals surface area contributed by atoms with Crippen molar-refractivity contribution in [1.29, 1.82) is 0 Å². The molecule has 1 aromatic carbocycles. The van der Waals surface area contributed by atoms with Gasteiger partial charge in [0.2, 0.25) is 0 Å². The summed E-state index contributed by atoms with van der Waals surface area (Å²) in [5.41, 5.74) is 0.558. The molecule has 0 saturated carbocycles. The van der Waals surface area contributed by atoms with Crippen LogP contribution >= 0.6 is 11.6 Å². The molecule has 0 bridgehead atoms. The van der Waals surface area contributed by atoms with Gasteiger partial charge in [0.1, 0.15) is 5.82 Å². The Labute approximate surface area is 100 Å². The third-order valence-electron chi connectivity index (χ3n) is 2.92. The van der Waals surface area contributed by atoms with Crippen LogP contribution in [0, 0.1) is 5.82 Å². The summed E-state index contributed by atoms with van der Waals surface area (Å²) in [7, 11) is 0. The minimum atomic E-state index is -0.237. The average Bonchev–Trinajstić information content (AvgIpc) is 2.75. The molecule has 4 heteroatoms. The summed E-state index contributed by atoms with van der Waals surface area (Å²) in [6.45, 7) is 2.45. The van der Waals surface area contributed by atoms with Crippen LogP contribution in [0.5, 0.6) is 0 Å². The summed E-state index contributed by atoms with van der Waals surface area (Å²) in [5.74, 6) is -0.237. The smallest absolute Gasteiger partial charge is 0.129 e. The molecule has 0 aliphatic carbocycles. The van der Waals surface area contributed by atoms with Crippen molar-refractivity contribution in [2.24, 2.45) is 0 Å². The number of hydrogen-bond acceptors (Lipinski definition) is 2. The lowest BCUT2D eigenvalue weighted by molar-refractivity contribution is 0.524. The Morgan fingerprint density at radius 2 is 2.38 bits per heavy atom. The summed E-state index contributed by atoms with van der Waals surface area (Å²) in [6.07, 6.45) is 2.42. The molecule has 0 amide bonds. The van der Waals surface area contributed by atoms with Gasteiger partial charge in [-0.1, -0.05) is 17.7 Å². The Hall–Kier alpha value is -0.640. The van der Waals surface area contributed by atoms with Crippen LogP contribution in [0.25, 0.3) is 0 Å². The Bertz CT molecular complexity index is 331. The van der Waals surface area contributed by atoms with Gasteiger partial charge in [-0.15, -0.1) is 0 Å². The fraction of sp³-hybridized carbons (Fsp3) is 0.500. The van der Waals surface area contributed by atoms with E-state index in [0.717, 1.165) is 13.1 Å². The van der Waals surface area contributed by atoms with Crippen LogP contribution in [0.1, 0.15) is 18.4 Å². The van der Waals surface area contributed by atoms with Crippen LogP contribution in [0.15, 0.2) is 18.2 Å². The van der Waals surface area contributed by atoms with E-state index in [2.05, 4.69) is 10.6 Å². The maximum absolute atomic E-state index is 13.4. The van der Waals surface area contributed by atoms with Crippen LogP contribution in [0.2, 0.25) is 5.02 Å². The SMILES string of the molecule is Fc1cccc(Cl)c1CNCC1CCCN1. The zero-order valence-electron chi connectivity index (χ0n) is 9.10. The van der Waals surface area contributed by atoms with E-state index in [1.807, 2.05) is 0 Å². The molecule has 1 aliphatic rings. The van der Waals surface area contributed by atoms with Crippen molar-refractivity contribution in [2.75, 3.05) is 13.1 Å². The van der Waals surface area contributed by atoms with E-state index < -0.39 is 0 Å². The Morgan fingerprint density at radius 3 is 3.06 bits per heavy atom. The van der Waals surface area contributed by atoms with Gasteiger partial charge in [-0.25, -0.2) is 4.39 Å². The molecule has 1 fully saturated rings. The second kappa shape index (κ2) is 5.62. The topological polar surface area (TPSA) is 24.1 Å². The molecule has 16 heavy (non-hydrogen) atoms. The molecule has 2 rings (SSSR count). The van der Waals surface area contributed by atoms with Gasteiger partial charge in [0, 0.05) is 29.7 Å². The standard InChI is InChI=1S/C12H16ClFN2/c13-11-4-1-5-12(14)10(11)8-15-7-9-3-2-6-16-9/h1,4-5,9,15-16H,2-3,6-8H2. The van der Waals surface area contributed by atoms with Crippen molar-refractivity contribution in [1.82, 2.24) is 10.6 Å². The summed E-state index contributed by atoms with van der Waals surface area (Å²) in [6, 6.07) is 5.30. The molecule has 2 N–H and O–H groups in total. The Balaban J connectivity index is 1.84. The third kappa shape index (κ3) is 2.94. The lowest BCUT2D eigenvalue weighted by Gasteiger charge is -2.12. The molecular formula is C12H16ClFN2. The number of rotatable bonds is 4. The molecule has 1 atom stereocenters. The fourth-order valence-electron chi connectivity index (χ4n) is 2.00. The Kier molecular flexibility index (Phi) is 4.16. The summed E-state index contributed by atoms with van der Waals surface area (Å²) in [5, 5.41) is 7.11. The van der Waals surface area contributed by atoms with Gasteiger partial charge in [0.15, 0.2) is 0 Å². The van der Waals surface area contributed by atoms with Gasteiger partial charge >= 0.3 is 0 Å². The second-order valence-electron chi connectivity index (χ2n) is 4.12. The number of hydrogen-bond donors (Lipinski definition) is 2. The maximum Gasteiger partial charge on any atom is 0.129 e. The van der Waals surface area contributed by atoms with Crippen molar-refractivity contribution in [2.45, 2.75) is 25.4 Å². The molecule has 1 saturated heterocycles. The quantitative estimate of drug-likeness (QED) is 0.847. The minimum absolute atomic E-state index is 0.237. The van der Waals surface area contributed by atoms with Gasteiger partial charge in [-0.2, -0.15) is 0 Å². The second-order valence-corrected chi connectivity index (χ2v) is 4.53. The lowest BCUT2D eigenvalue weighted by Crippen LogP contribution is -2.33. The van der Waals surface area contributed by atoms with Crippen molar-refractivity contribution in [3.05, 3.63) is 34.6 Å². The fourth-order valence-corrected chi connectivity index (χ4v) is 2.23. The molecule has 1 aliphatic heterocycles. The zero-order chi connectivity index (χ0) is 11.4. The van der Waals surface area contributed by atoms with Crippen molar-refractivity contribution >= 4 is 11.6 Å². The highest BCUT2D eigenvalue weighted by molar-refractivity contribution is 6.31. The van der Waals surface area contributed by atoms with Crippen LogP contribution < -0.4 is 10.6 Å². The highest BCUT2D eigenvalue weighted by Crippen LogP contribution is 2.18. The molecule has 0 spiro atoms. The van der Waals surface area contributed by atoms with Crippen molar-refractivity contribution < 1.29 is 4.39 Å². The third-order valence-corrected chi connectivity index (χ3v) is 3.27. The summed E-state index contributed by atoms with van der Waals surface area (Å²) >= 11 is 5.93. The van der Waals surface area contributed by atoms with E-state index in [1.165, 1.54) is 18.9 Å². The van der Waals surface area contributed by atoms with Gasteiger partial charge in [-0.05, 0) is 31.5 Å². The molecule has 1 aromatic rings. The number of benzene rings is 1. The molecular weight excluding hydrogens is 227 g/mol. The van der Waals surface area contributed by atoms with E-state index in [0.29, 0.717) is 23.2 Å². The molecule has 2 nitrogen and oxygen atoms in total. The van der Waals surface area contributed by atoms with Gasteiger partial charge < -0.3 is 10.6 Å². The first-order valence-corrected chi connectivity index (χ1v) is 6.02. The predicted molar refractivity (Wildman–Crippen MR) is 64.1 cm³/mol. The van der Waals surface area contributed by atoms with Gasteiger partial charge in [0.25, 0.3) is 0 Å². The largest absolute Gasteiger partial charge is 0.313 e. The van der Waals surface area contributed by atoms with Gasteiger partial charge in [0.05, 0.1) is 0 Å². The normalized spacial score (nSPS) is 20.2. The first-order chi connectivity index (χ1) is 7.77. The maximum atomic E-state index is 13.4. The van der Waals surface area contributed by atoms with E-state index in [4.69, 9.17) is 11.6 Å². The first-order valence-electron chi connectivity index (χ1n) is 5.64. The zero-order valence-corrected chi connectivity index (χ0v) is 9.86. The number of nitrogens with one attached hydrogen (secondary N) is 2. The molecule has 1 unspecified atom stereocenters. The highest BCUT2D eigenvalue weighted by Gasteiger charge is 2.13. The number of halogens is 2. The minimum Gasteiger partial charge on any atom is -0.313 e. The van der Waals surface area contributed by atoms with Crippen LogP contribution in [-0.4, -0.2) is 19.1 Å². The molecule has 88 valence electrons. The summed E-state index contributed by atoms with van der Waals surface area (Å²) < 4.78 is 13.4. The predicted octanol–water partition coefficient (Wildman–Crippen LogP) is 2.32. The van der Waals surface area contributed by atoms with E-state index in [-0.39, 0.29) is 5.82 Å². The monoisotopic (exact) mass is 242 g/mol.